The number of nitrogens with one attached hydrogen (secondary N) is 1. The summed E-state index contributed by atoms with van der Waals surface area (Å²) in [4.78, 5) is 15.9. The molecule has 0 saturated carbocycles. The highest BCUT2D eigenvalue weighted by Gasteiger charge is 2.06. The molecule has 0 radical (unpaired) electrons. The summed E-state index contributed by atoms with van der Waals surface area (Å²) in [6, 6.07) is 17.2. The summed E-state index contributed by atoms with van der Waals surface area (Å²) in [5, 5.41) is 4.97. The number of amides is 1. The molecule has 1 aromatic heterocycles. The summed E-state index contributed by atoms with van der Waals surface area (Å²) in [7, 11) is 0. The van der Waals surface area contributed by atoms with Crippen LogP contribution >= 0.6 is 0 Å². The molecule has 0 saturated heterocycles. The Kier molecular flexibility index (Phi) is 3.78. The molecular formula is C17H14N2O2. The smallest absolute Gasteiger partial charge is 0.262 e. The van der Waals surface area contributed by atoms with E-state index < -0.39 is 0 Å². The SMILES string of the molecule is O=C(COc1cccnc1)Nc1cccc2ccccc12. The highest BCUT2D eigenvalue weighted by molar-refractivity contribution is 6.02. The van der Waals surface area contributed by atoms with Gasteiger partial charge in [0.2, 0.25) is 0 Å². The van der Waals surface area contributed by atoms with Crippen LogP contribution < -0.4 is 10.1 Å². The van der Waals surface area contributed by atoms with Crippen LogP contribution in [0.25, 0.3) is 10.8 Å². The molecule has 0 unspecified atom stereocenters. The lowest BCUT2D eigenvalue weighted by molar-refractivity contribution is -0.118. The van der Waals surface area contributed by atoms with Crippen LogP contribution in [-0.2, 0) is 4.79 Å². The molecule has 4 heteroatoms. The van der Waals surface area contributed by atoms with Crippen LogP contribution in [0.2, 0.25) is 0 Å². The van der Waals surface area contributed by atoms with Crippen LogP contribution in [0, 0.1) is 0 Å². The van der Waals surface area contributed by atoms with Gasteiger partial charge in [-0.05, 0) is 23.6 Å². The van der Waals surface area contributed by atoms with E-state index in [0.29, 0.717) is 5.75 Å². The Bertz CT molecular complexity index is 752. The molecule has 104 valence electrons. The van der Waals surface area contributed by atoms with Crippen molar-refractivity contribution in [2.75, 3.05) is 11.9 Å². The maximum atomic E-state index is 12.0. The Morgan fingerprint density at radius 3 is 2.76 bits per heavy atom. The summed E-state index contributed by atoms with van der Waals surface area (Å²) in [5.74, 6) is 0.376. The number of pyridine rings is 1. The van der Waals surface area contributed by atoms with Crippen LogP contribution in [0.4, 0.5) is 5.69 Å². The molecule has 1 amide bonds. The lowest BCUT2D eigenvalue weighted by atomic mass is 10.1. The van der Waals surface area contributed by atoms with E-state index in [-0.39, 0.29) is 12.5 Å². The molecule has 3 rings (SSSR count). The second kappa shape index (κ2) is 6.05. The predicted octanol–water partition coefficient (Wildman–Crippen LogP) is 3.25. The molecular weight excluding hydrogens is 264 g/mol. The number of fused-ring (bicyclic) bond motifs is 1. The second-order valence-corrected chi connectivity index (χ2v) is 4.55. The molecule has 0 bridgehead atoms. The third-order valence-electron chi connectivity index (χ3n) is 3.07. The van der Waals surface area contributed by atoms with Crippen molar-refractivity contribution in [3.8, 4) is 5.75 Å². The minimum atomic E-state index is -0.199. The monoisotopic (exact) mass is 278 g/mol. The summed E-state index contributed by atoms with van der Waals surface area (Å²) in [6.45, 7) is -0.0467. The van der Waals surface area contributed by atoms with E-state index in [1.54, 1.807) is 24.5 Å². The molecule has 0 fully saturated rings. The number of carbonyl (C=O) groups is 1. The fourth-order valence-corrected chi connectivity index (χ4v) is 2.10. The molecule has 3 aromatic rings. The largest absolute Gasteiger partial charge is 0.482 e. The van der Waals surface area contributed by atoms with E-state index in [2.05, 4.69) is 10.3 Å². The van der Waals surface area contributed by atoms with E-state index in [4.69, 9.17) is 4.74 Å². The van der Waals surface area contributed by atoms with Crippen LogP contribution in [-0.4, -0.2) is 17.5 Å². The van der Waals surface area contributed by atoms with Crippen LogP contribution in [0.15, 0.2) is 67.0 Å². The molecule has 0 spiro atoms. The van der Waals surface area contributed by atoms with Crippen molar-refractivity contribution in [2.45, 2.75) is 0 Å². The Labute approximate surface area is 122 Å². The van der Waals surface area contributed by atoms with E-state index in [9.17, 15) is 4.79 Å². The van der Waals surface area contributed by atoms with Crippen molar-refractivity contribution in [2.24, 2.45) is 0 Å². The normalized spacial score (nSPS) is 10.3. The average molecular weight is 278 g/mol. The Morgan fingerprint density at radius 2 is 1.90 bits per heavy atom. The first-order valence-corrected chi connectivity index (χ1v) is 6.63. The Balaban J connectivity index is 1.69. The number of anilines is 1. The van der Waals surface area contributed by atoms with Gasteiger partial charge in [-0.25, -0.2) is 0 Å². The maximum absolute atomic E-state index is 12.0. The predicted molar refractivity (Wildman–Crippen MR) is 82.3 cm³/mol. The van der Waals surface area contributed by atoms with Gasteiger partial charge in [0.05, 0.1) is 6.20 Å². The minimum Gasteiger partial charge on any atom is -0.482 e. The summed E-state index contributed by atoms with van der Waals surface area (Å²) < 4.78 is 5.38. The van der Waals surface area contributed by atoms with E-state index in [0.717, 1.165) is 16.5 Å². The molecule has 21 heavy (non-hydrogen) atoms. The zero-order valence-corrected chi connectivity index (χ0v) is 11.3. The quantitative estimate of drug-likeness (QED) is 0.797. The van der Waals surface area contributed by atoms with Crippen molar-refractivity contribution in [1.29, 1.82) is 0 Å². The fraction of sp³-hybridized carbons (Fsp3) is 0.0588. The Hall–Kier alpha value is -2.88. The van der Waals surface area contributed by atoms with Gasteiger partial charge < -0.3 is 10.1 Å². The van der Waals surface area contributed by atoms with Gasteiger partial charge in [-0.15, -0.1) is 0 Å². The number of carbonyl (C=O) groups excluding carboxylic acids is 1. The lowest BCUT2D eigenvalue weighted by Gasteiger charge is -2.09. The molecule has 1 N–H and O–H groups in total. The molecule has 2 aromatic carbocycles. The first kappa shape index (κ1) is 13.1. The number of aromatic nitrogens is 1. The summed E-state index contributed by atoms with van der Waals surface area (Å²) >= 11 is 0. The third kappa shape index (κ3) is 3.17. The molecule has 0 atom stereocenters. The van der Waals surface area contributed by atoms with Crippen molar-refractivity contribution >= 4 is 22.4 Å². The van der Waals surface area contributed by atoms with Gasteiger partial charge in [0.1, 0.15) is 5.75 Å². The van der Waals surface area contributed by atoms with E-state index in [1.807, 2.05) is 42.5 Å². The number of hydrogen-bond donors (Lipinski definition) is 1. The minimum absolute atomic E-state index is 0.0467. The summed E-state index contributed by atoms with van der Waals surface area (Å²) in [6.07, 6.45) is 3.23. The Morgan fingerprint density at radius 1 is 1.05 bits per heavy atom. The van der Waals surface area contributed by atoms with Crippen molar-refractivity contribution in [1.82, 2.24) is 4.98 Å². The van der Waals surface area contributed by atoms with Crippen molar-refractivity contribution < 1.29 is 9.53 Å². The van der Waals surface area contributed by atoms with Gasteiger partial charge in [-0.3, -0.25) is 9.78 Å². The second-order valence-electron chi connectivity index (χ2n) is 4.55. The molecule has 4 nitrogen and oxygen atoms in total. The van der Waals surface area contributed by atoms with Gasteiger partial charge in [-0.2, -0.15) is 0 Å². The zero-order valence-electron chi connectivity index (χ0n) is 11.3. The van der Waals surface area contributed by atoms with Crippen molar-refractivity contribution in [3.05, 3.63) is 67.0 Å². The van der Waals surface area contributed by atoms with Crippen LogP contribution in [0.5, 0.6) is 5.75 Å². The molecule has 0 aliphatic rings. The highest BCUT2D eigenvalue weighted by atomic mass is 16.5. The van der Waals surface area contributed by atoms with E-state index >= 15 is 0 Å². The topological polar surface area (TPSA) is 51.2 Å². The van der Waals surface area contributed by atoms with Crippen molar-refractivity contribution in [3.63, 3.8) is 0 Å². The lowest BCUT2D eigenvalue weighted by Crippen LogP contribution is -2.20. The number of hydrogen-bond acceptors (Lipinski definition) is 3. The maximum Gasteiger partial charge on any atom is 0.262 e. The standard InChI is InChI=1S/C17H14N2O2/c20-17(12-21-14-7-4-10-18-11-14)19-16-9-3-6-13-5-1-2-8-15(13)16/h1-11H,12H2,(H,19,20). The van der Waals surface area contributed by atoms with Crippen LogP contribution in [0.1, 0.15) is 0 Å². The van der Waals surface area contributed by atoms with Gasteiger partial charge in [0, 0.05) is 17.3 Å². The number of nitrogens with zero attached hydrogens (tertiary/aromatic N) is 1. The summed E-state index contributed by atoms with van der Waals surface area (Å²) in [5.41, 5.74) is 0.785. The molecule has 0 aliphatic heterocycles. The molecule has 1 heterocycles. The van der Waals surface area contributed by atoms with Crippen LogP contribution in [0.3, 0.4) is 0 Å². The first-order chi connectivity index (χ1) is 10.3. The van der Waals surface area contributed by atoms with Gasteiger partial charge in [-0.1, -0.05) is 36.4 Å². The number of benzene rings is 2. The molecule has 0 aliphatic carbocycles. The van der Waals surface area contributed by atoms with Gasteiger partial charge in [0.25, 0.3) is 5.91 Å². The zero-order chi connectivity index (χ0) is 14.5. The number of rotatable bonds is 4. The first-order valence-electron chi connectivity index (χ1n) is 6.63. The highest BCUT2D eigenvalue weighted by Crippen LogP contribution is 2.22. The average Bonchev–Trinajstić information content (AvgIpc) is 2.54. The van der Waals surface area contributed by atoms with Gasteiger partial charge in [0.15, 0.2) is 6.61 Å². The number of ether oxygens (including phenoxy) is 1. The van der Waals surface area contributed by atoms with E-state index in [1.165, 1.54) is 0 Å². The van der Waals surface area contributed by atoms with Gasteiger partial charge >= 0.3 is 0 Å². The third-order valence-corrected chi connectivity index (χ3v) is 3.07. The fourth-order valence-electron chi connectivity index (χ4n) is 2.10.